The molecule has 0 aliphatic rings. The van der Waals surface area contributed by atoms with Gasteiger partial charge in [-0.2, -0.15) is 0 Å². The van der Waals surface area contributed by atoms with E-state index in [0.29, 0.717) is 40.5 Å². The fraction of sp³-hybridized carbons (Fsp3) is 0.231. The first-order valence-electron chi connectivity index (χ1n) is 10.6. The summed E-state index contributed by atoms with van der Waals surface area (Å²) in [4.78, 5) is 24.2. The topological polar surface area (TPSA) is 94.1 Å². The van der Waals surface area contributed by atoms with Crippen molar-refractivity contribution in [1.82, 2.24) is 5.32 Å². The number of carbonyl (C=O) groups is 2. The highest BCUT2D eigenvalue weighted by atomic mass is 16.5. The van der Waals surface area contributed by atoms with Gasteiger partial charge < -0.3 is 24.6 Å². The van der Waals surface area contributed by atoms with Crippen molar-refractivity contribution in [3.63, 3.8) is 0 Å². The van der Waals surface area contributed by atoms with Crippen LogP contribution >= 0.6 is 0 Å². The summed E-state index contributed by atoms with van der Waals surface area (Å²) in [6.07, 6.45) is -0.931. The van der Waals surface area contributed by atoms with E-state index in [1.54, 1.807) is 12.1 Å². The molecule has 0 unspecified atom stereocenters. The van der Waals surface area contributed by atoms with E-state index in [-0.39, 0.29) is 12.3 Å². The number of hydrogen-bond acceptors (Lipinski definition) is 5. The zero-order valence-electron chi connectivity index (χ0n) is 18.8. The molecule has 0 aromatic heterocycles. The summed E-state index contributed by atoms with van der Waals surface area (Å²) in [5.74, 6) is 0.391. The molecule has 0 aliphatic carbocycles. The quantitative estimate of drug-likeness (QED) is 0.472. The minimum Gasteiger partial charge on any atom is -0.495 e. The first-order chi connectivity index (χ1) is 16.0. The molecule has 33 heavy (non-hydrogen) atoms. The molecule has 0 saturated heterocycles. The van der Waals surface area contributed by atoms with Gasteiger partial charge in [-0.05, 0) is 48.4 Å². The molecule has 0 heterocycles. The van der Waals surface area contributed by atoms with Crippen molar-refractivity contribution in [3.8, 4) is 28.4 Å². The second-order valence-electron chi connectivity index (χ2n) is 7.25. The van der Waals surface area contributed by atoms with Gasteiger partial charge in [-0.1, -0.05) is 36.4 Å². The molecular formula is C26H27NO6. The standard InChI is InChI=1S/C26H27NO6/c1-4-27-25(28)21-15-12-18(16-22(31-2)26(29)30)23(24(21)32-3)17-10-13-20(14-11-17)33-19-8-6-5-7-9-19/h5-15,22H,4,16H2,1-3H3,(H,27,28)(H,29,30)/t22-/m0/s1. The Labute approximate surface area is 192 Å². The van der Waals surface area contributed by atoms with Crippen LogP contribution in [0.4, 0.5) is 0 Å². The number of nitrogens with one attached hydrogen (secondary N) is 1. The number of carbonyl (C=O) groups excluding carboxylic acids is 1. The Morgan fingerprint density at radius 2 is 1.61 bits per heavy atom. The van der Waals surface area contributed by atoms with Crippen LogP contribution in [-0.2, 0) is 16.0 Å². The maximum Gasteiger partial charge on any atom is 0.333 e. The van der Waals surface area contributed by atoms with Gasteiger partial charge in [0.2, 0.25) is 0 Å². The third kappa shape index (κ3) is 5.70. The van der Waals surface area contributed by atoms with E-state index < -0.39 is 12.1 Å². The van der Waals surface area contributed by atoms with Crippen LogP contribution in [0, 0.1) is 0 Å². The summed E-state index contributed by atoms with van der Waals surface area (Å²) in [5.41, 5.74) is 2.45. The van der Waals surface area contributed by atoms with Gasteiger partial charge in [0.15, 0.2) is 6.10 Å². The fourth-order valence-corrected chi connectivity index (χ4v) is 3.54. The number of methoxy groups -OCH3 is 2. The Morgan fingerprint density at radius 1 is 0.939 bits per heavy atom. The van der Waals surface area contributed by atoms with Crippen molar-refractivity contribution in [1.29, 1.82) is 0 Å². The summed E-state index contributed by atoms with van der Waals surface area (Å²) in [7, 11) is 2.84. The Kier molecular flexibility index (Phi) is 8.05. The van der Waals surface area contributed by atoms with E-state index in [2.05, 4.69) is 5.32 Å². The third-order valence-corrected chi connectivity index (χ3v) is 5.12. The van der Waals surface area contributed by atoms with Gasteiger partial charge in [-0.25, -0.2) is 4.79 Å². The molecule has 7 nitrogen and oxygen atoms in total. The molecule has 0 fully saturated rings. The number of benzene rings is 3. The zero-order chi connectivity index (χ0) is 23.8. The average Bonchev–Trinajstić information content (AvgIpc) is 2.83. The maximum atomic E-state index is 12.6. The molecule has 2 N–H and O–H groups in total. The smallest absolute Gasteiger partial charge is 0.333 e. The molecule has 0 aliphatic heterocycles. The van der Waals surface area contributed by atoms with Crippen LogP contribution in [0.25, 0.3) is 11.1 Å². The van der Waals surface area contributed by atoms with Gasteiger partial charge in [0, 0.05) is 25.6 Å². The number of rotatable bonds is 10. The van der Waals surface area contributed by atoms with E-state index in [0.717, 1.165) is 5.56 Å². The second kappa shape index (κ2) is 11.2. The zero-order valence-corrected chi connectivity index (χ0v) is 18.8. The molecule has 172 valence electrons. The van der Waals surface area contributed by atoms with Gasteiger partial charge in [0.1, 0.15) is 17.2 Å². The number of para-hydroxylation sites is 1. The Hall–Kier alpha value is -3.84. The number of aliphatic carboxylic acids is 1. The van der Waals surface area contributed by atoms with E-state index in [1.807, 2.05) is 61.5 Å². The van der Waals surface area contributed by atoms with Gasteiger partial charge >= 0.3 is 5.97 Å². The number of carboxylic acid groups (broad SMARTS) is 1. The van der Waals surface area contributed by atoms with Crippen LogP contribution in [0.3, 0.4) is 0 Å². The highest BCUT2D eigenvalue weighted by Crippen LogP contribution is 2.38. The lowest BCUT2D eigenvalue weighted by Gasteiger charge is -2.20. The number of hydrogen-bond donors (Lipinski definition) is 2. The van der Waals surface area contributed by atoms with E-state index in [9.17, 15) is 14.7 Å². The lowest BCUT2D eigenvalue weighted by Crippen LogP contribution is -2.26. The number of ether oxygens (including phenoxy) is 3. The van der Waals surface area contributed by atoms with Crippen LogP contribution in [0.15, 0.2) is 66.7 Å². The minimum absolute atomic E-state index is 0.107. The third-order valence-electron chi connectivity index (χ3n) is 5.12. The number of carboxylic acids is 1. The normalized spacial score (nSPS) is 11.5. The van der Waals surface area contributed by atoms with Gasteiger partial charge in [-0.15, -0.1) is 0 Å². The van der Waals surface area contributed by atoms with E-state index in [4.69, 9.17) is 14.2 Å². The van der Waals surface area contributed by atoms with Gasteiger partial charge in [0.05, 0.1) is 12.7 Å². The molecule has 0 radical (unpaired) electrons. The van der Waals surface area contributed by atoms with Crippen molar-refractivity contribution in [3.05, 3.63) is 77.9 Å². The highest BCUT2D eigenvalue weighted by molar-refractivity contribution is 6.00. The van der Waals surface area contributed by atoms with Gasteiger partial charge in [-0.3, -0.25) is 4.79 Å². The van der Waals surface area contributed by atoms with Crippen LogP contribution in [0.2, 0.25) is 0 Å². The number of amides is 1. The second-order valence-corrected chi connectivity index (χ2v) is 7.25. The first-order valence-corrected chi connectivity index (χ1v) is 10.6. The van der Waals surface area contributed by atoms with Crippen molar-refractivity contribution in [2.24, 2.45) is 0 Å². The van der Waals surface area contributed by atoms with Crippen molar-refractivity contribution < 1.29 is 28.9 Å². The molecule has 3 rings (SSSR count). The maximum absolute atomic E-state index is 12.6. The molecule has 1 atom stereocenters. The summed E-state index contributed by atoms with van der Waals surface area (Å²) in [6, 6.07) is 20.1. The molecule has 0 bridgehead atoms. The van der Waals surface area contributed by atoms with Crippen molar-refractivity contribution in [2.75, 3.05) is 20.8 Å². The Bertz CT molecular complexity index is 1100. The Balaban J connectivity index is 2.06. The summed E-state index contributed by atoms with van der Waals surface area (Å²) < 4.78 is 16.7. The largest absolute Gasteiger partial charge is 0.495 e. The molecule has 0 spiro atoms. The lowest BCUT2D eigenvalue weighted by atomic mass is 9.92. The van der Waals surface area contributed by atoms with Crippen LogP contribution in [0.1, 0.15) is 22.8 Å². The predicted octanol–water partition coefficient (Wildman–Crippen LogP) is 4.55. The molecule has 7 heteroatoms. The summed E-state index contributed by atoms with van der Waals surface area (Å²) in [6.45, 7) is 2.30. The lowest BCUT2D eigenvalue weighted by molar-refractivity contribution is -0.148. The fourth-order valence-electron chi connectivity index (χ4n) is 3.54. The van der Waals surface area contributed by atoms with Crippen LogP contribution < -0.4 is 14.8 Å². The molecule has 3 aromatic carbocycles. The highest BCUT2D eigenvalue weighted by Gasteiger charge is 2.24. The summed E-state index contributed by atoms with van der Waals surface area (Å²) >= 11 is 0. The molecule has 0 saturated carbocycles. The van der Waals surface area contributed by atoms with Crippen LogP contribution in [0.5, 0.6) is 17.2 Å². The average molecular weight is 450 g/mol. The minimum atomic E-state index is -1.07. The Morgan fingerprint density at radius 3 is 2.18 bits per heavy atom. The van der Waals surface area contributed by atoms with Crippen molar-refractivity contribution >= 4 is 11.9 Å². The van der Waals surface area contributed by atoms with Gasteiger partial charge in [0.25, 0.3) is 5.91 Å². The molecular weight excluding hydrogens is 422 g/mol. The summed E-state index contributed by atoms with van der Waals surface area (Å²) in [5, 5.41) is 12.3. The molecule has 3 aromatic rings. The molecule has 1 amide bonds. The van der Waals surface area contributed by atoms with Crippen LogP contribution in [-0.4, -0.2) is 43.9 Å². The SMILES string of the molecule is CCNC(=O)c1ccc(C[C@H](OC)C(=O)O)c(-c2ccc(Oc3ccccc3)cc2)c1OC. The monoisotopic (exact) mass is 449 g/mol. The predicted molar refractivity (Wildman–Crippen MR) is 125 cm³/mol. The van der Waals surface area contributed by atoms with E-state index >= 15 is 0 Å². The van der Waals surface area contributed by atoms with E-state index in [1.165, 1.54) is 14.2 Å². The van der Waals surface area contributed by atoms with Crippen molar-refractivity contribution in [2.45, 2.75) is 19.4 Å². The first kappa shape index (κ1) is 23.8.